The molecule has 1 heterocycles. The third-order valence-corrected chi connectivity index (χ3v) is 5.05. The van der Waals surface area contributed by atoms with E-state index in [1.165, 1.54) is 5.56 Å². The predicted molar refractivity (Wildman–Crippen MR) is 100 cm³/mol. The second-order valence-corrected chi connectivity index (χ2v) is 6.80. The van der Waals surface area contributed by atoms with Gasteiger partial charge in [-0.15, -0.1) is 0 Å². The molecular weight excluding hydrogens is 359 g/mol. The van der Waals surface area contributed by atoms with Crippen LogP contribution >= 0.6 is 23.2 Å². The van der Waals surface area contributed by atoms with E-state index in [0.717, 1.165) is 18.5 Å². The summed E-state index contributed by atoms with van der Waals surface area (Å²) in [6.07, 6.45) is 1.34. The van der Waals surface area contributed by atoms with Crippen LogP contribution in [0.4, 0.5) is 5.69 Å². The summed E-state index contributed by atoms with van der Waals surface area (Å²) in [6.45, 7) is 3.19. The summed E-state index contributed by atoms with van der Waals surface area (Å²) in [5.74, 6) is -0.105. The second-order valence-electron chi connectivity index (χ2n) is 5.99. The Bertz CT molecular complexity index is 836. The van der Waals surface area contributed by atoms with Crippen LogP contribution in [0.25, 0.3) is 0 Å². The molecule has 0 aromatic heterocycles. The molecule has 0 saturated heterocycles. The molecule has 0 aliphatic carbocycles. The topological polar surface area (TPSA) is 49.4 Å². The van der Waals surface area contributed by atoms with Gasteiger partial charge in [-0.2, -0.15) is 0 Å². The number of rotatable bonds is 3. The molecule has 25 heavy (non-hydrogen) atoms. The molecule has 130 valence electrons. The SMILES string of the molecule is CCC(=O)N1CCc2ccc(NC(=O)c3ccc(Cl)c(Cl)c3)cc2C1. The summed E-state index contributed by atoms with van der Waals surface area (Å²) in [5, 5.41) is 3.62. The van der Waals surface area contributed by atoms with Crippen LogP contribution in [0.5, 0.6) is 0 Å². The molecule has 0 atom stereocenters. The van der Waals surface area contributed by atoms with Crippen LogP contribution in [-0.4, -0.2) is 23.3 Å². The third kappa shape index (κ3) is 3.97. The zero-order chi connectivity index (χ0) is 18.0. The number of halogens is 2. The number of nitrogens with one attached hydrogen (secondary N) is 1. The van der Waals surface area contributed by atoms with Gasteiger partial charge in [0, 0.05) is 30.8 Å². The van der Waals surface area contributed by atoms with Crippen molar-refractivity contribution in [3.8, 4) is 0 Å². The van der Waals surface area contributed by atoms with E-state index in [2.05, 4.69) is 5.32 Å². The number of carbonyl (C=O) groups is 2. The average Bonchev–Trinajstić information content (AvgIpc) is 2.62. The van der Waals surface area contributed by atoms with Crippen molar-refractivity contribution in [3.63, 3.8) is 0 Å². The van der Waals surface area contributed by atoms with Crippen molar-refractivity contribution in [1.82, 2.24) is 4.90 Å². The quantitative estimate of drug-likeness (QED) is 0.854. The first-order valence-corrected chi connectivity index (χ1v) is 8.89. The van der Waals surface area contributed by atoms with E-state index in [1.807, 2.05) is 30.0 Å². The Hall–Kier alpha value is -2.04. The molecule has 2 aromatic carbocycles. The number of amides is 2. The van der Waals surface area contributed by atoms with Gasteiger partial charge in [0.05, 0.1) is 10.0 Å². The third-order valence-electron chi connectivity index (χ3n) is 4.31. The summed E-state index contributed by atoms with van der Waals surface area (Å²) < 4.78 is 0. The van der Waals surface area contributed by atoms with Crippen molar-refractivity contribution in [2.45, 2.75) is 26.3 Å². The van der Waals surface area contributed by atoms with Crippen LogP contribution in [0, 0.1) is 0 Å². The monoisotopic (exact) mass is 376 g/mol. The van der Waals surface area contributed by atoms with E-state index in [9.17, 15) is 9.59 Å². The van der Waals surface area contributed by atoms with Gasteiger partial charge in [-0.05, 0) is 47.9 Å². The fraction of sp³-hybridized carbons (Fsp3) is 0.263. The van der Waals surface area contributed by atoms with E-state index in [0.29, 0.717) is 34.3 Å². The molecule has 3 rings (SSSR count). The molecular formula is C19H18Cl2N2O2. The molecule has 2 amide bonds. The first-order valence-electron chi connectivity index (χ1n) is 8.14. The van der Waals surface area contributed by atoms with Gasteiger partial charge in [-0.1, -0.05) is 36.2 Å². The molecule has 0 radical (unpaired) electrons. The minimum absolute atomic E-state index is 0.149. The Morgan fingerprint density at radius 3 is 2.60 bits per heavy atom. The van der Waals surface area contributed by atoms with Crippen molar-refractivity contribution in [3.05, 3.63) is 63.1 Å². The standard InChI is InChI=1S/C19H18Cl2N2O2/c1-2-18(24)23-8-7-12-3-5-15(9-14(12)11-23)22-19(25)13-4-6-16(20)17(21)10-13/h3-6,9-10H,2,7-8,11H2,1H3,(H,22,25). The molecule has 0 unspecified atom stereocenters. The maximum atomic E-state index is 12.4. The van der Waals surface area contributed by atoms with Gasteiger partial charge in [-0.25, -0.2) is 0 Å². The van der Waals surface area contributed by atoms with Crippen molar-refractivity contribution in [2.24, 2.45) is 0 Å². The lowest BCUT2D eigenvalue weighted by Gasteiger charge is -2.29. The molecule has 1 aliphatic rings. The number of hydrogen-bond acceptors (Lipinski definition) is 2. The largest absolute Gasteiger partial charge is 0.338 e. The highest BCUT2D eigenvalue weighted by Gasteiger charge is 2.20. The molecule has 1 N–H and O–H groups in total. The Morgan fingerprint density at radius 2 is 1.88 bits per heavy atom. The van der Waals surface area contributed by atoms with Gasteiger partial charge in [-0.3, -0.25) is 9.59 Å². The Kier molecular flexibility index (Phi) is 5.30. The predicted octanol–water partition coefficient (Wildman–Crippen LogP) is 4.54. The first kappa shape index (κ1) is 17.8. The number of hydrogen-bond donors (Lipinski definition) is 1. The first-order chi connectivity index (χ1) is 12.0. The Labute approximate surface area is 156 Å². The van der Waals surface area contributed by atoms with E-state index in [1.54, 1.807) is 18.2 Å². The normalized spacial score (nSPS) is 13.3. The summed E-state index contributed by atoms with van der Waals surface area (Å²) in [6, 6.07) is 10.6. The minimum atomic E-state index is -0.254. The average molecular weight is 377 g/mol. The van der Waals surface area contributed by atoms with E-state index >= 15 is 0 Å². The molecule has 0 fully saturated rings. The number of fused-ring (bicyclic) bond motifs is 1. The Morgan fingerprint density at radius 1 is 1.08 bits per heavy atom. The zero-order valence-corrected chi connectivity index (χ0v) is 15.3. The highest BCUT2D eigenvalue weighted by Crippen LogP contribution is 2.25. The molecule has 4 nitrogen and oxygen atoms in total. The lowest BCUT2D eigenvalue weighted by atomic mass is 9.98. The lowest BCUT2D eigenvalue weighted by Crippen LogP contribution is -2.35. The van der Waals surface area contributed by atoms with Crippen molar-refractivity contribution in [1.29, 1.82) is 0 Å². The fourth-order valence-corrected chi connectivity index (χ4v) is 3.21. The van der Waals surface area contributed by atoms with Gasteiger partial charge in [0.1, 0.15) is 0 Å². The van der Waals surface area contributed by atoms with Crippen LogP contribution in [0.15, 0.2) is 36.4 Å². The number of nitrogens with zero attached hydrogens (tertiary/aromatic N) is 1. The van der Waals surface area contributed by atoms with Gasteiger partial charge in [0.2, 0.25) is 5.91 Å². The minimum Gasteiger partial charge on any atom is -0.338 e. The van der Waals surface area contributed by atoms with Gasteiger partial charge < -0.3 is 10.2 Å². The smallest absolute Gasteiger partial charge is 0.255 e. The highest BCUT2D eigenvalue weighted by molar-refractivity contribution is 6.42. The van der Waals surface area contributed by atoms with Gasteiger partial charge in [0.25, 0.3) is 5.91 Å². The van der Waals surface area contributed by atoms with E-state index in [-0.39, 0.29) is 11.8 Å². The molecule has 0 spiro atoms. The fourth-order valence-electron chi connectivity index (χ4n) is 2.91. The molecule has 1 aliphatic heterocycles. The second kappa shape index (κ2) is 7.46. The van der Waals surface area contributed by atoms with Crippen molar-refractivity contribution < 1.29 is 9.59 Å². The molecule has 2 aromatic rings. The maximum Gasteiger partial charge on any atom is 0.255 e. The molecule has 0 saturated carbocycles. The van der Waals surface area contributed by atoms with Crippen molar-refractivity contribution in [2.75, 3.05) is 11.9 Å². The summed E-state index contributed by atoms with van der Waals surface area (Å²) in [4.78, 5) is 26.2. The zero-order valence-electron chi connectivity index (χ0n) is 13.8. The van der Waals surface area contributed by atoms with Crippen LogP contribution in [0.3, 0.4) is 0 Å². The number of carbonyl (C=O) groups excluding carboxylic acids is 2. The molecule has 6 heteroatoms. The van der Waals surface area contributed by atoms with Crippen molar-refractivity contribution >= 4 is 40.7 Å². The summed E-state index contributed by atoms with van der Waals surface area (Å²) in [7, 11) is 0. The highest BCUT2D eigenvalue weighted by atomic mass is 35.5. The Balaban J connectivity index is 1.77. The van der Waals surface area contributed by atoms with Crippen LogP contribution in [0.2, 0.25) is 10.0 Å². The maximum absolute atomic E-state index is 12.4. The van der Waals surface area contributed by atoms with Gasteiger partial charge >= 0.3 is 0 Å². The van der Waals surface area contributed by atoms with Crippen LogP contribution < -0.4 is 5.32 Å². The summed E-state index contributed by atoms with van der Waals surface area (Å²) in [5.41, 5.74) is 3.42. The lowest BCUT2D eigenvalue weighted by molar-refractivity contribution is -0.131. The van der Waals surface area contributed by atoms with E-state index < -0.39 is 0 Å². The number of anilines is 1. The van der Waals surface area contributed by atoms with Crippen LogP contribution in [-0.2, 0) is 17.8 Å². The van der Waals surface area contributed by atoms with Gasteiger partial charge in [0.15, 0.2) is 0 Å². The van der Waals surface area contributed by atoms with E-state index in [4.69, 9.17) is 23.2 Å². The number of benzene rings is 2. The summed E-state index contributed by atoms with van der Waals surface area (Å²) >= 11 is 11.8. The van der Waals surface area contributed by atoms with Crippen LogP contribution in [0.1, 0.15) is 34.8 Å². The molecule has 0 bridgehead atoms.